The summed E-state index contributed by atoms with van der Waals surface area (Å²) < 4.78 is 11.9. The fraction of sp³-hybridized carbons (Fsp3) is 0.231. The Kier molecular flexibility index (Phi) is 8.76. The molecule has 0 aromatic heterocycles. The molecule has 0 saturated heterocycles. The zero-order valence-electron chi connectivity index (χ0n) is 18.8. The molecule has 1 heterocycles. The van der Waals surface area contributed by atoms with Crippen LogP contribution >= 0.6 is 12.4 Å². The molecule has 4 N–H and O–H groups in total. The summed E-state index contributed by atoms with van der Waals surface area (Å²) in [6, 6.07) is 25.4. The number of amides is 1. The number of nitrogens with two attached hydrogens (primary N) is 2. The molecule has 1 aliphatic rings. The van der Waals surface area contributed by atoms with E-state index in [2.05, 4.69) is 4.99 Å². The molecule has 0 aliphatic carbocycles. The number of rotatable bonds is 9. The molecule has 0 fully saturated rings. The molecule has 4 rings (SSSR count). The van der Waals surface area contributed by atoms with Crippen molar-refractivity contribution >= 4 is 30.0 Å². The number of fused-ring (bicyclic) bond motifs is 1. The van der Waals surface area contributed by atoms with Crippen molar-refractivity contribution in [2.45, 2.75) is 25.5 Å². The van der Waals surface area contributed by atoms with Crippen molar-refractivity contribution in [3.8, 4) is 11.5 Å². The van der Waals surface area contributed by atoms with Crippen molar-refractivity contribution in [1.29, 1.82) is 0 Å². The third kappa shape index (κ3) is 6.42. The predicted octanol–water partition coefficient (Wildman–Crippen LogP) is 3.69. The molecule has 0 bridgehead atoms. The summed E-state index contributed by atoms with van der Waals surface area (Å²) in [6.45, 7) is 1.41. The molecular weight excluding hydrogens is 452 g/mol. The fourth-order valence-corrected chi connectivity index (χ4v) is 3.74. The maximum atomic E-state index is 13.2. The van der Waals surface area contributed by atoms with E-state index in [1.54, 1.807) is 4.90 Å². The molecule has 3 aromatic rings. The lowest BCUT2D eigenvalue weighted by Crippen LogP contribution is -2.46. The Morgan fingerprint density at radius 2 is 1.65 bits per heavy atom. The number of hydrogen-bond acceptors (Lipinski definition) is 4. The van der Waals surface area contributed by atoms with Gasteiger partial charge in [-0.05, 0) is 41.8 Å². The number of guanidine groups is 1. The summed E-state index contributed by atoms with van der Waals surface area (Å²) in [6.07, 6.45) is 0.603. The maximum absolute atomic E-state index is 13.2. The lowest BCUT2D eigenvalue weighted by Gasteiger charge is -2.34. The molecule has 7 nitrogen and oxygen atoms in total. The van der Waals surface area contributed by atoms with Crippen LogP contribution in [0, 0.1) is 0 Å². The number of halogens is 1. The van der Waals surface area contributed by atoms with Gasteiger partial charge in [-0.2, -0.15) is 0 Å². The van der Waals surface area contributed by atoms with Gasteiger partial charge in [-0.15, -0.1) is 12.4 Å². The molecule has 3 aromatic carbocycles. The van der Waals surface area contributed by atoms with Crippen LogP contribution in [0.4, 0.5) is 5.69 Å². The summed E-state index contributed by atoms with van der Waals surface area (Å²) in [7, 11) is 0. The third-order valence-electron chi connectivity index (χ3n) is 5.42. The fourth-order valence-electron chi connectivity index (χ4n) is 3.74. The Morgan fingerprint density at radius 1 is 0.941 bits per heavy atom. The highest BCUT2D eigenvalue weighted by Crippen LogP contribution is 2.35. The van der Waals surface area contributed by atoms with Gasteiger partial charge in [0.2, 0.25) is 0 Å². The van der Waals surface area contributed by atoms with Crippen LogP contribution in [0.2, 0.25) is 0 Å². The minimum atomic E-state index is -0.595. The number of carbonyl (C=O) groups excluding carboxylic acids is 1. The minimum Gasteiger partial charge on any atom is -0.493 e. The first-order valence-corrected chi connectivity index (χ1v) is 11.0. The Morgan fingerprint density at radius 3 is 2.38 bits per heavy atom. The smallest absolute Gasteiger partial charge is 0.268 e. The van der Waals surface area contributed by atoms with Crippen LogP contribution in [0.3, 0.4) is 0 Å². The Balaban J connectivity index is 0.00000324. The summed E-state index contributed by atoms with van der Waals surface area (Å²) >= 11 is 0. The predicted molar refractivity (Wildman–Crippen MR) is 137 cm³/mol. The van der Waals surface area contributed by atoms with Gasteiger partial charge in [0.15, 0.2) is 12.1 Å². The number of hydrogen-bond donors (Lipinski definition) is 2. The second-order valence-electron chi connectivity index (χ2n) is 7.82. The lowest BCUT2D eigenvalue weighted by molar-refractivity contribution is -0.127. The van der Waals surface area contributed by atoms with Crippen LogP contribution in [0.5, 0.6) is 11.5 Å². The molecule has 0 radical (unpaired) electrons. The van der Waals surface area contributed by atoms with Gasteiger partial charge in [0.25, 0.3) is 5.91 Å². The van der Waals surface area contributed by atoms with Gasteiger partial charge < -0.3 is 25.8 Å². The first-order valence-electron chi connectivity index (χ1n) is 11.0. The van der Waals surface area contributed by atoms with Gasteiger partial charge in [0, 0.05) is 13.0 Å². The molecule has 0 saturated carbocycles. The maximum Gasteiger partial charge on any atom is 0.268 e. The van der Waals surface area contributed by atoms with Gasteiger partial charge in [-0.25, -0.2) is 0 Å². The van der Waals surface area contributed by atoms with Gasteiger partial charge in [0.05, 0.1) is 18.8 Å². The summed E-state index contributed by atoms with van der Waals surface area (Å²) in [5, 5.41) is 0. The molecule has 1 aliphatic heterocycles. The average Bonchev–Trinajstić information content (AvgIpc) is 2.83. The Hall–Kier alpha value is -3.71. The van der Waals surface area contributed by atoms with Crippen LogP contribution in [0.25, 0.3) is 0 Å². The average molecular weight is 481 g/mol. The first kappa shape index (κ1) is 24.9. The van der Waals surface area contributed by atoms with E-state index < -0.39 is 6.10 Å². The molecule has 1 unspecified atom stereocenters. The van der Waals surface area contributed by atoms with Crippen molar-refractivity contribution in [3.05, 3.63) is 90.0 Å². The van der Waals surface area contributed by atoms with Crippen molar-refractivity contribution in [3.63, 3.8) is 0 Å². The van der Waals surface area contributed by atoms with E-state index in [4.69, 9.17) is 20.9 Å². The standard InChI is InChI=1S/C26H28N4O3.ClH/c27-26(28)29-16-14-19-10-12-21(13-11-19)32-17-15-24-25(31)30(18-20-6-2-1-3-7-20)22-8-4-5-9-23(22)33-24;/h1-13,24H,14-18H2,(H4,27,28,29);1H. The Bertz CT molecular complexity index is 1100. The van der Waals surface area contributed by atoms with E-state index in [1.165, 1.54) is 0 Å². The van der Waals surface area contributed by atoms with E-state index >= 15 is 0 Å². The Labute approximate surface area is 205 Å². The third-order valence-corrected chi connectivity index (χ3v) is 5.42. The number of benzene rings is 3. The van der Waals surface area contributed by atoms with Crippen LogP contribution in [-0.4, -0.2) is 31.1 Å². The molecule has 1 amide bonds. The molecule has 1 atom stereocenters. The number of anilines is 1. The molecular formula is C26H29ClN4O3. The second-order valence-corrected chi connectivity index (χ2v) is 7.82. The van der Waals surface area contributed by atoms with Crippen LogP contribution in [0.15, 0.2) is 83.9 Å². The van der Waals surface area contributed by atoms with E-state index in [1.807, 2.05) is 78.9 Å². The highest BCUT2D eigenvalue weighted by molar-refractivity contribution is 5.99. The monoisotopic (exact) mass is 480 g/mol. The quantitative estimate of drug-likeness (QED) is 0.359. The highest BCUT2D eigenvalue weighted by atomic mass is 35.5. The van der Waals surface area contributed by atoms with Crippen LogP contribution in [-0.2, 0) is 17.8 Å². The van der Waals surface area contributed by atoms with E-state index in [0.29, 0.717) is 31.9 Å². The number of ether oxygens (including phenoxy) is 2. The summed E-state index contributed by atoms with van der Waals surface area (Å²) in [4.78, 5) is 19.0. The lowest BCUT2D eigenvalue weighted by atomic mass is 10.1. The van der Waals surface area contributed by atoms with Crippen molar-refractivity contribution in [1.82, 2.24) is 0 Å². The SMILES string of the molecule is Cl.NC(N)=NCCc1ccc(OCCC2Oc3ccccc3N(Cc3ccccc3)C2=O)cc1. The number of nitrogens with zero attached hydrogens (tertiary/aromatic N) is 2. The normalized spacial score (nSPS) is 14.4. The minimum absolute atomic E-state index is 0. The van der Waals surface area contributed by atoms with Crippen molar-refractivity contribution in [2.24, 2.45) is 16.5 Å². The van der Waals surface area contributed by atoms with E-state index in [0.717, 1.165) is 29.0 Å². The van der Waals surface area contributed by atoms with Crippen LogP contribution in [0.1, 0.15) is 17.5 Å². The number of para-hydroxylation sites is 2. The first-order chi connectivity index (χ1) is 16.1. The number of carbonyl (C=O) groups is 1. The topological polar surface area (TPSA) is 103 Å². The van der Waals surface area contributed by atoms with Gasteiger partial charge in [0.1, 0.15) is 11.5 Å². The zero-order valence-corrected chi connectivity index (χ0v) is 19.6. The second kappa shape index (κ2) is 12.0. The van der Waals surface area contributed by atoms with Gasteiger partial charge in [-0.1, -0.05) is 54.6 Å². The van der Waals surface area contributed by atoms with Crippen molar-refractivity contribution in [2.75, 3.05) is 18.1 Å². The molecule has 0 spiro atoms. The van der Waals surface area contributed by atoms with E-state index in [9.17, 15) is 4.79 Å². The summed E-state index contributed by atoms with van der Waals surface area (Å²) in [5.74, 6) is 1.49. The van der Waals surface area contributed by atoms with Gasteiger partial charge in [-0.3, -0.25) is 9.79 Å². The van der Waals surface area contributed by atoms with Crippen molar-refractivity contribution < 1.29 is 14.3 Å². The molecule has 34 heavy (non-hydrogen) atoms. The largest absolute Gasteiger partial charge is 0.493 e. The number of aliphatic imine (C=N–C) groups is 1. The van der Waals surface area contributed by atoms with Gasteiger partial charge >= 0.3 is 0 Å². The highest BCUT2D eigenvalue weighted by Gasteiger charge is 2.34. The zero-order chi connectivity index (χ0) is 23.0. The van der Waals surface area contributed by atoms with Crippen LogP contribution < -0.4 is 25.8 Å². The molecule has 8 heteroatoms. The summed E-state index contributed by atoms with van der Waals surface area (Å²) in [5.41, 5.74) is 13.7. The van der Waals surface area contributed by atoms with E-state index in [-0.39, 0.29) is 24.3 Å². The molecule has 178 valence electrons.